The average Bonchev–Trinajstić information content (AvgIpc) is 2.60. The summed E-state index contributed by atoms with van der Waals surface area (Å²) in [6.07, 6.45) is 0.759. The molecule has 6 nitrogen and oxygen atoms in total. The fraction of sp³-hybridized carbons (Fsp3) is 0.350. The second-order valence-corrected chi connectivity index (χ2v) is 8.72. The molecule has 0 saturated heterocycles. The Hall–Kier alpha value is -2.09. The van der Waals surface area contributed by atoms with E-state index in [1.165, 1.54) is 12.1 Å². The molecule has 0 aliphatic carbocycles. The summed E-state index contributed by atoms with van der Waals surface area (Å²) in [5.41, 5.74) is 7.43. The smallest absolute Gasteiger partial charge is 0.261 e. The van der Waals surface area contributed by atoms with Crippen LogP contribution >= 0.6 is 12.4 Å². The van der Waals surface area contributed by atoms with Gasteiger partial charge in [-0.25, -0.2) is 8.42 Å². The maximum absolute atomic E-state index is 12.6. The van der Waals surface area contributed by atoms with Crippen molar-refractivity contribution in [3.05, 3.63) is 59.7 Å². The highest BCUT2D eigenvalue weighted by molar-refractivity contribution is 7.92. The number of hydrogen-bond acceptors (Lipinski definition) is 4. The SMILES string of the molecule is Cc1cccc(NS(=O)(=O)c2cccc(C(=O)NC(CN)CC(C)C)c2)c1.Cl. The monoisotopic (exact) mass is 425 g/mol. The fourth-order valence-electron chi connectivity index (χ4n) is 2.78. The van der Waals surface area contributed by atoms with Crippen molar-refractivity contribution in [3.63, 3.8) is 0 Å². The molecule has 0 heterocycles. The van der Waals surface area contributed by atoms with E-state index in [9.17, 15) is 13.2 Å². The molecule has 2 aromatic carbocycles. The van der Waals surface area contributed by atoms with Gasteiger partial charge >= 0.3 is 0 Å². The number of anilines is 1. The van der Waals surface area contributed by atoms with Gasteiger partial charge in [0.05, 0.1) is 4.90 Å². The van der Waals surface area contributed by atoms with Crippen molar-refractivity contribution in [3.8, 4) is 0 Å². The molecule has 1 amide bonds. The normalized spacial score (nSPS) is 12.2. The molecule has 0 bridgehead atoms. The Labute approximate surface area is 173 Å². The Morgan fingerprint density at radius 2 is 1.79 bits per heavy atom. The van der Waals surface area contributed by atoms with Gasteiger partial charge in [-0.1, -0.05) is 32.0 Å². The minimum absolute atomic E-state index is 0. The lowest BCUT2D eigenvalue weighted by atomic mass is 10.0. The van der Waals surface area contributed by atoms with Gasteiger partial charge in [-0.2, -0.15) is 0 Å². The van der Waals surface area contributed by atoms with Gasteiger partial charge in [0.15, 0.2) is 0 Å². The van der Waals surface area contributed by atoms with Gasteiger partial charge in [0.2, 0.25) is 0 Å². The highest BCUT2D eigenvalue weighted by Crippen LogP contribution is 2.18. The Balaban J connectivity index is 0.00000392. The first-order chi connectivity index (χ1) is 12.7. The lowest BCUT2D eigenvalue weighted by molar-refractivity contribution is 0.0933. The van der Waals surface area contributed by atoms with E-state index in [1.54, 1.807) is 30.3 Å². The Morgan fingerprint density at radius 3 is 2.39 bits per heavy atom. The molecular weight excluding hydrogens is 398 g/mol. The second-order valence-electron chi connectivity index (χ2n) is 7.04. The number of nitrogens with two attached hydrogens (primary N) is 1. The molecule has 0 aromatic heterocycles. The average molecular weight is 426 g/mol. The first-order valence-corrected chi connectivity index (χ1v) is 10.4. The second kappa shape index (κ2) is 10.5. The third-order valence-electron chi connectivity index (χ3n) is 4.05. The number of benzene rings is 2. The number of nitrogens with one attached hydrogen (secondary N) is 2. The number of hydrogen-bond donors (Lipinski definition) is 3. The molecule has 0 fully saturated rings. The van der Waals surface area contributed by atoms with Crippen LogP contribution in [0.25, 0.3) is 0 Å². The van der Waals surface area contributed by atoms with E-state index in [0.29, 0.717) is 18.2 Å². The zero-order valence-electron chi connectivity index (χ0n) is 16.3. The van der Waals surface area contributed by atoms with Crippen LogP contribution in [0.1, 0.15) is 36.2 Å². The van der Waals surface area contributed by atoms with E-state index < -0.39 is 10.0 Å². The number of carbonyl (C=O) groups is 1. The van der Waals surface area contributed by atoms with E-state index >= 15 is 0 Å². The summed E-state index contributed by atoms with van der Waals surface area (Å²) < 4.78 is 27.8. The molecule has 8 heteroatoms. The molecule has 1 unspecified atom stereocenters. The first-order valence-electron chi connectivity index (χ1n) is 8.91. The number of halogens is 1. The number of aryl methyl sites for hydroxylation is 1. The van der Waals surface area contributed by atoms with Crippen molar-refractivity contribution in [2.75, 3.05) is 11.3 Å². The number of rotatable bonds is 8. The van der Waals surface area contributed by atoms with Crippen LogP contribution in [0.5, 0.6) is 0 Å². The Bertz CT molecular complexity index is 901. The maximum atomic E-state index is 12.6. The molecule has 4 N–H and O–H groups in total. The van der Waals surface area contributed by atoms with Gasteiger partial charge < -0.3 is 11.1 Å². The molecular formula is C20H28ClN3O3S. The third kappa shape index (κ3) is 6.82. The van der Waals surface area contributed by atoms with Gasteiger partial charge in [0, 0.05) is 23.8 Å². The van der Waals surface area contributed by atoms with Crippen LogP contribution in [-0.4, -0.2) is 26.9 Å². The maximum Gasteiger partial charge on any atom is 0.261 e. The Kier molecular flexibility index (Phi) is 8.94. The minimum atomic E-state index is -3.79. The standard InChI is InChI=1S/C20H27N3O3S.ClH/c1-14(2)10-18(13-21)22-20(24)16-7-5-9-19(12-16)27(25,26)23-17-8-4-6-15(3)11-17;/h4-9,11-12,14,18,23H,10,13,21H2,1-3H3,(H,22,24);1H. The zero-order chi connectivity index (χ0) is 20.0. The molecule has 1 atom stereocenters. The van der Waals surface area contributed by atoms with Crippen molar-refractivity contribution < 1.29 is 13.2 Å². The molecule has 0 spiro atoms. The number of sulfonamides is 1. The van der Waals surface area contributed by atoms with Crippen molar-refractivity contribution in [2.45, 2.75) is 38.1 Å². The first kappa shape index (κ1) is 23.9. The minimum Gasteiger partial charge on any atom is -0.348 e. The number of amides is 1. The lowest BCUT2D eigenvalue weighted by Crippen LogP contribution is -2.41. The van der Waals surface area contributed by atoms with Crippen LogP contribution in [-0.2, 0) is 10.0 Å². The van der Waals surface area contributed by atoms with Crippen molar-refractivity contribution in [2.24, 2.45) is 11.7 Å². The summed E-state index contributed by atoms with van der Waals surface area (Å²) in [6, 6.07) is 12.9. The van der Waals surface area contributed by atoms with Crippen molar-refractivity contribution in [1.29, 1.82) is 0 Å². The number of carbonyl (C=O) groups excluding carboxylic acids is 1. The van der Waals surface area contributed by atoms with E-state index in [-0.39, 0.29) is 34.8 Å². The summed E-state index contributed by atoms with van der Waals surface area (Å²) in [6.45, 7) is 6.32. The van der Waals surface area contributed by atoms with Gasteiger partial charge in [-0.05, 0) is 55.2 Å². The van der Waals surface area contributed by atoms with Crippen LogP contribution in [0.3, 0.4) is 0 Å². The lowest BCUT2D eigenvalue weighted by Gasteiger charge is -2.19. The molecule has 0 aliphatic heterocycles. The van der Waals surface area contributed by atoms with Crippen LogP contribution in [0.15, 0.2) is 53.4 Å². The van der Waals surface area contributed by atoms with Gasteiger partial charge in [0.25, 0.3) is 15.9 Å². The summed E-state index contributed by atoms with van der Waals surface area (Å²) in [5.74, 6) is 0.0581. The van der Waals surface area contributed by atoms with Crippen molar-refractivity contribution >= 4 is 34.0 Å². The predicted octanol–water partition coefficient (Wildman–Crippen LogP) is 3.32. The summed E-state index contributed by atoms with van der Waals surface area (Å²) in [7, 11) is -3.79. The summed E-state index contributed by atoms with van der Waals surface area (Å²) in [5, 5.41) is 2.87. The van der Waals surface area contributed by atoms with Crippen LogP contribution in [0.4, 0.5) is 5.69 Å². The summed E-state index contributed by atoms with van der Waals surface area (Å²) >= 11 is 0. The van der Waals surface area contributed by atoms with Crippen LogP contribution < -0.4 is 15.8 Å². The van der Waals surface area contributed by atoms with E-state index in [1.807, 2.05) is 13.0 Å². The molecule has 28 heavy (non-hydrogen) atoms. The quantitative estimate of drug-likeness (QED) is 0.603. The zero-order valence-corrected chi connectivity index (χ0v) is 17.9. The highest BCUT2D eigenvalue weighted by atomic mass is 35.5. The van der Waals surface area contributed by atoms with Gasteiger partial charge in [-0.3, -0.25) is 9.52 Å². The van der Waals surface area contributed by atoms with E-state index in [4.69, 9.17) is 5.73 Å². The largest absolute Gasteiger partial charge is 0.348 e. The predicted molar refractivity (Wildman–Crippen MR) is 115 cm³/mol. The molecule has 2 aromatic rings. The fourth-order valence-corrected chi connectivity index (χ4v) is 3.87. The van der Waals surface area contributed by atoms with Gasteiger partial charge in [0.1, 0.15) is 0 Å². The van der Waals surface area contributed by atoms with Crippen LogP contribution in [0, 0.1) is 12.8 Å². The van der Waals surface area contributed by atoms with Crippen molar-refractivity contribution in [1.82, 2.24) is 5.32 Å². The molecule has 2 rings (SSSR count). The molecule has 154 valence electrons. The topological polar surface area (TPSA) is 101 Å². The van der Waals surface area contributed by atoms with Gasteiger partial charge in [-0.15, -0.1) is 12.4 Å². The van der Waals surface area contributed by atoms with E-state index in [2.05, 4.69) is 23.9 Å². The molecule has 0 saturated carbocycles. The molecule has 0 aliphatic rings. The van der Waals surface area contributed by atoms with E-state index in [0.717, 1.165) is 12.0 Å². The molecule has 0 radical (unpaired) electrons. The van der Waals surface area contributed by atoms with Crippen LogP contribution in [0.2, 0.25) is 0 Å². The Morgan fingerprint density at radius 1 is 1.11 bits per heavy atom. The summed E-state index contributed by atoms with van der Waals surface area (Å²) in [4.78, 5) is 12.5. The highest BCUT2D eigenvalue weighted by Gasteiger charge is 2.18. The third-order valence-corrected chi connectivity index (χ3v) is 5.43.